The van der Waals surface area contributed by atoms with Gasteiger partial charge in [0.15, 0.2) is 0 Å². The molecule has 0 spiro atoms. The summed E-state index contributed by atoms with van der Waals surface area (Å²) in [5, 5.41) is 3.45. The maximum absolute atomic E-state index is 12.0. The van der Waals surface area contributed by atoms with Crippen LogP contribution in [0.5, 0.6) is 0 Å². The summed E-state index contributed by atoms with van der Waals surface area (Å²) in [7, 11) is 0. The van der Waals surface area contributed by atoms with E-state index < -0.39 is 0 Å². The molecule has 2 aromatic rings. The van der Waals surface area contributed by atoms with Gasteiger partial charge in [-0.2, -0.15) is 0 Å². The van der Waals surface area contributed by atoms with Crippen LogP contribution in [0.3, 0.4) is 0 Å². The Morgan fingerprint density at radius 1 is 1.30 bits per heavy atom. The van der Waals surface area contributed by atoms with Crippen LogP contribution in [0.4, 0.5) is 5.69 Å². The monoisotopic (exact) mass is 288 g/mol. The predicted octanol–water partition coefficient (Wildman–Crippen LogP) is 3.92. The summed E-state index contributed by atoms with van der Waals surface area (Å²) in [4.78, 5) is 16.2. The minimum absolute atomic E-state index is 0.0514. The highest BCUT2D eigenvalue weighted by Crippen LogP contribution is 2.27. The molecule has 3 nitrogen and oxygen atoms in total. The van der Waals surface area contributed by atoms with Gasteiger partial charge in [0.1, 0.15) is 0 Å². The van der Waals surface area contributed by atoms with Crippen molar-refractivity contribution in [3.05, 3.63) is 58.4 Å². The summed E-state index contributed by atoms with van der Waals surface area (Å²) in [5.41, 5.74) is 3.66. The van der Waals surface area contributed by atoms with Gasteiger partial charge < -0.3 is 5.32 Å². The Balaban J connectivity index is 1.98. The Morgan fingerprint density at radius 2 is 2.10 bits per heavy atom. The lowest BCUT2D eigenvalue weighted by atomic mass is 10.1. The molecule has 104 valence electrons. The number of halogens is 1. The number of pyridine rings is 1. The third kappa shape index (κ3) is 3.81. The summed E-state index contributed by atoms with van der Waals surface area (Å²) < 4.78 is 0. The third-order valence-corrected chi connectivity index (χ3v) is 3.33. The van der Waals surface area contributed by atoms with Crippen molar-refractivity contribution >= 4 is 23.2 Å². The van der Waals surface area contributed by atoms with Crippen molar-refractivity contribution in [1.82, 2.24) is 4.98 Å². The molecule has 1 amide bonds. The third-order valence-electron chi connectivity index (χ3n) is 3.03. The highest BCUT2D eigenvalue weighted by atomic mass is 35.5. The number of carbonyl (C=O) groups is 1. The predicted molar refractivity (Wildman–Crippen MR) is 82.1 cm³/mol. The molecule has 0 bridgehead atoms. The van der Waals surface area contributed by atoms with Gasteiger partial charge in [-0.05, 0) is 49.6 Å². The smallest absolute Gasteiger partial charge is 0.224 e. The average molecular weight is 289 g/mol. The fraction of sp³-hybridized carbons (Fsp3) is 0.250. The van der Waals surface area contributed by atoms with E-state index in [9.17, 15) is 4.79 Å². The lowest BCUT2D eigenvalue weighted by Crippen LogP contribution is -2.14. The van der Waals surface area contributed by atoms with Gasteiger partial charge in [-0.15, -0.1) is 0 Å². The van der Waals surface area contributed by atoms with Crippen LogP contribution in [0, 0.1) is 13.8 Å². The summed E-state index contributed by atoms with van der Waals surface area (Å²) in [6, 6.07) is 9.54. The molecule has 0 unspecified atom stereocenters. The molecular formula is C16H17ClN2O. The number of aryl methyl sites for hydroxylation is 3. The zero-order valence-electron chi connectivity index (χ0n) is 11.6. The lowest BCUT2D eigenvalue weighted by molar-refractivity contribution is -0.116. The van der Waals surface area contributed by atoms with E-state index in [0.29, 0.717) is 23.6 Å². The van der Waals surface area contributed by atoms with Crippen LogP contribution in [0.1, 0.15) is 23.2 Å². The molecule has 0 aliphatic rings. The second-order valence-electron chi connectivity index (χ2n) is 4.81. The number of aromatic nitrogens is 1. The van der Waals surface area contributed by atoms with Crippen LogP contribution in [-0.2, 0) is 11.2 Å². The van der Waals surface area contributed by atoms with E-state index in [-0.39, 0.29) is 5.91 Å². The summed E-state index contributed by atoms with van der Waals surface area (Å²) >= 11 is 6.17. The van der Waals surface area contributed by atoms with Gasteiger partial charge in [-0.1, -0.05) is 23.7 Å². The van der Waals surface area contributed by atoms with Crippen molar-refractivity contribution in [2.24, 2.45) is 0 Å². The molecule has 1 aromatic heterocycles. The molecule has 4 heteroatoms. The molecule has 1 N–H and O–H groups in total. The maximum Gasteiger partial charge on any atom is 0.224 e. The SMILES string of the molecule is Cc1cc(C)c(NC(=O)CCc2ccccn2)c(Cl)c1. The molecule has 0 saturated heterocycles. The molecular weight excluding hydrogens is 272 g/mol. The highest BCUT2D eigenvalue weighted by Gasteiger charge is 2.09. The van der Waals surface area contributed by atoms with Crippen molar-refractivity contribution < 1.29 is 4.79 Å². The fourth-order valence-corrected chi connectivity index (χ4v) is 2.43. The Kier molecular flexibility index (Phi) is 4.74. The van der Waals surface area contributed by atoms with Gasteiger partial charge in [0.2, 0.25) is 5.91 Å². The topological polar surface area (TPSA) is 42.0 Å². The molecule has 0 aliphatic heterocycles. The number of benzene rings is 1. The van der Waals surface area contributed by atoms with Gasteiger partial charge in [-0.3, -0.25) is 9.78 Å². The van der Waals surface area contributed by atoms with Crippen molar-refractivity contribution in [3.8, 4) is 0 Å². The number of hydrogen-bond acceptors (Lipinski definition) is 2. The fourth-order valence-electron chi connectivity index (χ4n) is 2.06. The van der Waals surface area contributed by atoms with Gasteiger partial charge in [0.05, 0.1) is 10.7 Å². The first-order valence-corrected chi connectivity index (χ1v) is 6.90. The Morgan fingerprint density at radius 3 is 2.75 bits per heavy atom. The number of carbonyl (C=O) groups excluding carboxylic acids is 1. The minimum atomic E-state index is -0.0514. The van der Waals surface area contributed by atoms with Crippen molar-refractivity contribution in [3.63, 3.8) is 0 Å². The van der Waals surface area contributed by atoms with E-state index in [1.54, 1.807) is 6.20 Å². The lowest BCUT2D eigenvalue weighted by Gasteiger charge is -2.11. The molecule has 1 aromatic carbocycles. The first-order chi connectivity index (χ1) is 9.56. The Hall–Kier alpha value is -1.87. The molecule has 1 heterocycles. The standard InChI is InChI=1S/C16H17ClN2O/c1-11-9-12(2)16(14(17)10-11)19-15(20)7-6-13-5-3-4-8-18-13/h3-5,8-10H,6-7H2,1-2H3,(H,19,20). The largest absolute Gasteiger partial charge is 0.325 e. The van der Waals surface area contributed by atoms with Gasteiger partial charge in [0, 0.05) is 18.3 Å². The van der Waals surface area contributed by atoms with E-state index in [2.05, 4.69) is 10.3 Å². The van der Waals surface area contributed by atoms with Crippen LogP contribution in [-0.4, -0.2) is 10.9 Å². The van der Waals surface area contributed by atoms with E-state index in [1.807, 2.05) is 44.2 Å². The number of nitrogens with zero attached hydrogens (tertiary/aromatic N) is 1. The van der Waals surface area contributed by atoms with Crippen LogP contribution < -0.4 is 5.32 Å². The summed E-state index contributed by atoms with van der Waals surface area (Å²) in [5.74, 6) is -0.0514. The van der Waals surface area contributed by atoms with E-state index in [0.717, 1.165) is 16.8 Å². The van der Waals surface area contributed by atoms with Crippen LogP contribution in [0.15, 0.2) is 36.5 Å². The van der Waals surface area contributed by atoms with E-state index in [4.69, 9.17) is 11.6 Å². The number of nitrogens with one attached hydrogen (secondary N) is 1. The van der Waals surface area contributed by atoms with E-state index >= 15 is 0 Å². The van der Waals surface area contributed by atoms with Crippen molar-refractivity contribution in [2.45, 2.75) is 26.7 Å². The zero-order valence-corrected chi connectivity index (χ0v) is 12.4. The number of hydrogen-bond donors (Lipinski definition) is 1. The second kappa shape index (κ2) is 6.53. The molecule has 0 aliphatic carbocycles. The first-order valence-electron chi connectivity index (χ1n) is 6.53. The zero-order chi connectivity index (χ0) is 14.5. The molecule has 0 radical (unpaired) electrons. The Labute approximate surface area is 124 Å². The molecule has 0 atom stereocenters. The van der Waals surface area contributed by atoms with Gasteiger partial charge in [0.25, 0.3) is 0 Å². The van der Waals surface area contributed by atoms with Crippen LogP contribution in [0.2, 0.25) is 5.02 Å². The highest BCUT2D eigenvalue weighted by molar-refractivity contribution is 6.34. The maximum atomic E-state index is 12.0. The Bertz CT molecular complexity index is 588. The van der Waals surface area contributed by atoms with E-state index in [1.165, 1.54) is 0 Å². The number of amides is 1. The molecule has 0 fully saturated rings. The minimum Gasteiger partial charge on any atom is -0.325 e. The summed E-state index contributed by atoms with van der Waals surface area (Å²) in [6.07, 6.45) is 2.74. The summed E-state index contributed by atoms with van der Waals surface area (Å²) in [6.45, 7) is 3.92. The molecule has 20 heavy (non-hydrogen) atoms. The van der Waals surface area contributed by atoms with Crippen molar-refractivity contribution in [2.75, 3.05) is 5.32 Å². The van der Waals surface area contributed by atoms with Crippen LogP contribution >= 0.6 is 11.6 Å². The normalized spacial score (nSPS) is 10.3. The number of anilines is 1. The first kappa shape index (κ1) is 14.5. The average Bonchev–Trinajstić information content (AvgIpc) is 2.42. The molecule has 0 saturated carbocycles. The second-order valence-corrected chi connectivity index (χ2v) is 5.22. The molecule has 2 rings (SSSR count). The van der Waals surface area contributed by atoms with Gasteiger partial charge in [-0.25, -0.2) is 0 Å². The van der Waals surface area contributed by atoms with Gasteiger partial charge >= 0.3 is 0 Å². The quantitative estimate of drug-likeness (QED) is 0.926. The van der Waals surface area contributed by atoms with Crippen molar-refractivity contribution in [1.29, 1.82) is 0 Å². The van der Waals surface area contributed by atoms with Crippen LogP contribution in [0.25, 0.3) is 0 Å². The number of rotatable bonds is 4.